The Morgan fingerprint density at radius 1 is 1.35 bits per heavy atom. The van der Waals surface area contributed by atoms with Crippen LogP contribution < -0.4 is 5.32 Å². The predicted octanol–water partition coefficient (Wildman–Crippen LogP) is 3.17. The van der Waals surface area contributed by atoms with Gasteiger partial charge in [0.15, 0.2) is 0 Å². The summed E-state index contributed by atoms with van der Waals surface area (Å²) in [5.74, 6) is 0. The van der Waals surface area contributed by atoms with Crippen molar-refractivity contribution in [1.82, 2.24) is 15.5 Å². The number of aromatic nitrogens is 2. The van der Waals surface area contributed by atoms with Gasteiger partial charge in [-0.3, -0.25) is 10.1 Å². The lowest BCUT2D eigenvalue weighted by atomic mass is 10.2. The van der Waals surface area contributed by atoms with Crippen LogP contribution in [-0.4, -0.2) is 21.7 Å². The second kappa shape index (κ2) is 6.53. The van der Waals surface area contributed by atoms with E-state index in [2.05, 4.69) is 29.4 Å². The summed E-state index contributed by atoms with van der Waals surface area (Å²) in [4.78, 5) is 10.2. The van der Waals surface area contributed by atoms with E-state index in [1.54, 1.807) is 12.1 Å². The molecule has 106 valence electrons. The molecule has 2 aromatic rings. The maximum absolute atomic E-state index is 10.6. The number of nitro groups is 1. The first kappa shape index (κ1) is 14.5. The van der Waals surface area contributed by atoms with Crippen LogP contribution in [0.15, 0.2) is 24.3 Å². The molecule has 0 saturated heterocycles. The summed E-state index contributed by atoms with van der Waals surface area (Å²) < 4.78 is 0. The summed E-state index contributed by atoms with van der Waals surface area (Å²) in [7, 11) is 0. The van der Waals surface area contributed by atoms with Crippen LogP contribution in [0.1, 0.15) is 31.3 Å². The Kier molecular flexibility index (Phi) is 4.75. The van der Waals surface area contributed by atoms with E-state index >= 15 is 0 Å². The molecule has 0 spiro atoms. The molecule has 6 nitrogen and oxygen atoms in total. The standard InChI is InChI=1S/C13H16N4O2S/c1-3-8-14-9(2)12-15-16-13(20-12)10-4-6-11(7-5-10)17(18)19/h4-7,9,14H,3,8H2,1-2H3. The van der Waals surface area contributed by atoms with Crippen LogP contribution in [-0.2, 0) is 0 Å². The highest BCUT2D eigenvalue weighted by Gasteiger charge is 2.13. The third kappa shape index (κ3) is 3.37. The van der Waals surface area contributed by atoms with Crippen molar-refractivity contribution in [2.24, 2.45) is 0 Å². The summed E-state index contributed by atoms with van der Waals surface area (Å²) in [6.45, 7) is 5.10. The van der Waals surface area contributed by atoms with Gasteiger partial charge in [0.2, 0.25) is 0 Å². The van der Waals surface area contributed by atoms with Crippen molar-refractivity contribution in [2.45, 2.75) is 26.3 Å². The Hall–Kier alpha value is -1.86. The van der Waals surface area contributed by atoms with Crippen LogP contribution in [0, 0.1) is 10.1 Å². The van der Waals surface area contributed by atoms with Gasteiger partial charge in [0.25, 0.3) is 5.69 Å². The zero-order chi connectivity index (χ0) is 14.5. The van der Waals surface area contributed by atoms with Crippen molar-refractivity contribution in [3.05, 3.63) is 39.4 Å². The summed E-state index contributed by atoms with van der Waals surface area (Å²) in [6.07, 6.45) is 1.07. The molecule has 7 heteroatoms. The molecule has 0 radical (unpaired) electrons. The molecule has 0 aliphatic carbocycles. The van der Waals surface area contributed by atoms with Gasteiger partial charge >= 0.3 is 0 Å². The summed E-state index contributed by atoms with van der Waals surface area (Å²) in [5.41, 5.74) is 0.929. The van der Waals surface area contributed by atoms with E-state index in [9.17, 15) is 10.1 Å². The molecule has 20 heavy (non-hydrogen) atoms. The SMILES string of the molecule is CCCNC(C)c1nnc(-c2ccc([N+](=O)[O-])cc2)s1. The number of hydrogen-bond donors (Lipinski definition) is 1. The molecule has 0 aliphatic rings. The minimum absolute atomic E-state index is 0.0801. The number of benzene rings is 1. The Balaban J connectivity index is 2.13. The van der Waals surface area contributed by atoms with Crippen molar-refractivity contribution >= 4 is 17.0 Å². The molecular weight excluding hydrogens is 276 g/mol. The minimum atomic E-state index is -0.411. The molecule has 2 rings (SSSR count). The first-order chi connectivity index (χ1) is 9.61. The Labute approximate surface area is 121 Å². The molecule has 1 unspecified atom stereocenters. The van der Waals surface area contributed by atoms with Crippen molar-refractivity contribution in [3.63, 3.8) is 0 Å². The van der Waals surface area contributed by atoms with Crippen molar-refractivity contribution in [1.29, 1.82) is 0 Å². The van der Waals surface area contributed by atoms with Gasteiger partial charge in [0.05, 0.1) is 11.0 Å². The van der Waals surface area contributed by atoms with Crippen LogP contribution in [0.2, 0.25) is 0 Å². The second-order valence-corrected chi connectivity index (χ2v) is 5.43. The minimum Gasteiger partial charge on any atom is -0.308 e. The monoisotopic (exact) mass is 292 g/mol. The van der Waals surface area contributed by atoms with Crippen LogP contribution in [0.3, 0.4) is 0 Å². The largest absolute Gasteiger partial charge is 0.308 e. The van der Waals surface area contributed by atoms with Gasteiger partial charge in [-0.05, 0) is 32.0 Å². The summed E-state index contributed by atoms with van der Waals surface area (Å²) in [5, 5.41) is 24.0. The molecule has 0 fully saturated rings. The van der Waals surface area contributed by atoms with E-state index < -0.39 is 4.92 Å². The molecule has 0 bridgehead atoms. The molecule has 0 aliphatic heterocycles. The molecule has 1 atom stereocenters. The fourth-order valence-corrected chi connectivity index (χ4v) is 2.58. The third-order valence-corrected chi connectivity index (χ3v) is 3.99. The molecule has 1 N–H and O–H groups in total. The molecule has 0 saturated carbocycles. The van der Waals surface area contributed by atoms with Gasteiger partial charge in [-0.25, -0.2) is 0 Å². The van der Waals surface area contributed by atoms with E-state index in [0.29, 0.717) is 0 Å². The molecule has 0 amide bonds. The Bertz CT molecular complexity index is 582. The summed E-state index contributed by atoms with van der Waals surface area (Å²) >= 11 is 1.50. The topological polar surface area (TPSA) is 81.0 Å². The highest BCUT2D eigenvalue weighted by atomic mass is 32.1. The van der Waals surface area contributed by atoms with E-state index in [1.807, 2.05) is 0 Å². The van der Waals surface area contributed by atoms with Gasteiger partial charge in [-0.1, -0.05) is 18.3 Å². The number of nitrogens with one attached hydrogen (secondary N) is 1. The first-order valence-electron chi connectivity index (χ1n) is 6.43. The highest BCUT2D eigenvalue weighted by Crippen LogP contribution is 2.27. The zero-order valence-electron chi connectivity index (χ0n) is 11.4. The average Bonchev–Trinajstić information content (AvgIpc) is 2.94. The van der Waals surface area contributed by atoms with Crippen molar-refractivity contribution in [3.8, 4) is 10.6 Å². The number of nitro benzene ring substituents is 1. The normalized spacial score (nSPS) is 12.3. The van der Waals surface area contributed by atoms with Crippen LogP contribution >= 0.6 is 11.3 Å². The fraction of sp³-hybridized carbons (Fsp3) is 0.385. The summed E-state index contributed by atoms with van der Waals surface area (Å²) in [6, 6.07) is 6.53. The van der Waals surface area contributed by atoms with E-state index in [-0.39, 0.29) is 11.7 Å². The number of non-ortho nitro benzene ring substituents is 1. The average molecular weight is 292 g/mol. The molecule has 1 aromatic heterocycles. The Morgan fingerprint density at radius 2 is 2.05 bits per heavy atom. The number of nitrogens with zero attached hydrogens (tertiary/aromatic N) is 3. The molecular formula is C13H16N4O2S. The smallest absolute Gasteiger partial charge is 0.269 e. The lowest BCUT2D eigenvalue weighted by molar-refractivity contribution is -0.384. The van der Waals surface area contributed by atoms with E-state index in [0.717, 1.165) is 28.5 Å². The van der Waals surface area contributed by atoms with Crippen LogP contribution in [0.25, 0.3) is 10.6 Å². The highest BCUT2D eigenvalue weighted by molar-refractivity contribution is 7.14. The van der Waals surface area contributed by atoms with Gasteiger partial charge in [0, 0.05) is 17.7 Å². The van der Waals surface area contributed by atoms with E-state index in [4.69, 9.17) is 0 Å². The maximum atomic E-state index is 10.6. The Morgan fingerprint density at radius 3 is 2.65 bits per heavy atom. The third-order valence-electron chi connectivity index (χ3n) is 2.84. The van der Waals surface area contributed by atoms with Gasteiger partial charge in [-0.15, -0.1) is 10.2 Å². The first-order valence-corrected chi connectivity index (χ1v) is 7.25. The predicted molar refractivity (Wildman–Crippen MR) is 78.7 cm³/mol. The van der Waals surface area contributed by atoms with Gasteiger partial charge in [-0.2, -0.15) is 0 Å². The fourth-order valence-electron chi connectivity index (χ4n) is 1.70. The van der Waals surface area contributed by atoms with E-state index in [1.165, 1.54) is 23.5 Å². The lowest BCUT2D eigenvalue weighted by Crippen LogP contribution is -2.18. The quantitative estimate of drug-likeness (QED) is 0.653. The number of hydrogen-bond acceptors (Lipinski definition) is 6. The van der Waals surface area contributed by atoms with Crippen molar-refractivity contribution < 1.29 is 4.92 Å². The van der Waals surface area contributed by atoms with Gasteiger partial charge in [0.1, 0.15) is 10.0 Å². The molecule has 1 aromatic carbocycles. The number of rotatable bonds is 6. The van der Waals surface area contributed by atoms with Crippen molar-refractivity contribution in [2.75, 3.05) is 6.54 Å². The van der Waals surface area contributed by atoms with Crippen LogP contribution in [0.5, 0.6) is 0 Å². The zero-order valence-corrected chi connectivity index (χ0v) is 12.2. The maximum Gasteiger partial charge on any atom is 0.269 e. The second-order valence-electron chi connectivity index (χ2n) is 4.43. The van der Waals surface area contributed by atoms with Gasteiger partial charge < -0.3 is 5.32 Å². The lowest BCUT2D eigenvalue weighted by Gasteiger charge is -2.08. The molecule has 1 heterocycles. The van der Waals surface area contributed by atoms with Crippen LogP contribution in [0.4, 0.5) is 5.69 Å².